The number of carbonyl (C=O) groups is 1. The third-order valence-electron chi connectivity index (χ3n) is 2.62. The van der Waals surface area contributed by atoms with Gasteiger partial charge in [-0.25, -0.2) is 17.5 Å². The summed E-state index contributed by atoms with van der Waals surface area (Å²) >= 11 is 0. The van der Waals surface area contributed by atoms with Crippen LogP contribution in [0.1, 0.15) is 17.3 Å². The lowest BCUT2D eigenvalue weighted by molar-refractivity contribution is 0.0435. The van der Waals surface area contributed by atoms with E-state index in [-0.39, 0.29) is 16.2 Å². The van der Waals surface area contributed by atoms with Gasteiger partial charge in [0.05, 0.1) is 12.7 Å². The Morgan fingerprint density at radius 2 is 2.00 bits per heavy atom. The molecule has 0 N–H and O–H groups in total. The maximum atomic E-state index is 12.2. The lowest BCUT2D eigenvalue weighted by atomic mass is 10.2. The van der Waals surface area contributed by atoms with Crippen molar-refractivity contribution < 1.29 is 22.7 Å². The molecule has 0 aliphatic heterocycles. The van der Waals surface area contributed by atoms with Crippen molar-refractivity contribution in [2.75, 3.05) is 21.2 Å². The smallest absolute Gasteiger partial charge is 0.339 e. The number of ether oxygens (including phenoxy) is 2. The summed E-state index contributed by atoms with van der Waals surface area (Å²) in [5, 5.41) is 8.62. The fourth-order valence-corrected chi connectivity index (χ4v) is 2.53. The minimum absolute atomic E-state index is 0.0262. The Hall–Kier alpha value is -2.11. The van der Waals surface area contributed by atoms with Crippen molar-refractivity contribution in [3.05, 3.63) is 23.8 Å². The van der Waals surface area contributed by atoms with Crippen LogP contribution in [0.3, 0.4) is 0 Å². The molecule has 0 saturated heterocycles. The van der Waals surface area contributed by atoms with Crippen molar-refractivity contribution in [1.82, 2.24) is 4.31 Å². The van der Waals surface area contributed by atoms with Crippen molar-refractivity contribution in [2.24, 2.45) is 0 Å². The van der Waals surface area contributed by atoms with Crippen molar-refractivity contribution in [3.8, 4) is 11.8 Å². The molecule has 0 heterocycles. The molecule has 0 radical (unpaired) electrons. The Labute approximate surface area is 123 Å². The summed E-state index contributed by atoms with van der Waals surface area (Å²) in [4.78, 5) is 11.7. The zero-order chi connectivity index (χ0) is 16.2. The van der Waals surface area contributed by atoms with Gasteiger partial charge in [-0.1, -0.05) is 0 Å². The first-order chi connectivity index (χ1) is 9.73. The highest BCUT2D eigenvalue weighted by atomic mass is 32.2. The summed E-state index contributed by atoms with van der Waals surface area (Å²) in [6, 6.07) is 5.66. The number of rotatable bonds is 5. The third-order valence-corrected chi connectivity index (χ3v) is 4.46. The van der Waals surface area contributed by atoms with Gasteiger partial charge in [-0.05, 0) is 25.1 Å². The number of methoxy groups -OCH3 is 1. The first-order valence-electron chi connectivity index (χ1n) is 5.95. The van der Waals surface area contributed by atoms with Crippen molar-refractivity contribution >= 4 is 16.0 Å². The van der Waals surface area contributed by atoms with E-state index < -0.39 is 22.1 Å². The van der Waals surface area contributed by atoms with Gasteiger partial charge in [-0.15, -0.1) is 0 Å². The predicted molar refractivity (Wildman–Crippen MR) is 74.4 cm³/mol. The Balaban J connectivity index is 3.30. The number of hydrogen-bond donors (Lipinski definition) is 0. The fourth-order valence-electron chi connectivity index (χ4n) is 1.46. The van der Waals surface area contributed by atoms with Crippen LogP contribution >= 0.6 is 0 Å². The normalized spacial score (nSPS) is 12.6. The van der Waals surface area contributed by atoms with E-state index in [9.17, 15) is 13.2 Å². The first kappa shape index (κ1) is 16.9. The van der Waals surface area contributed by atoms with Gasteiger partial charge in [-0.2, -0.15) is 5.26 Å². The topological polar surface area (TPSA) is 96.7 Å². The molecule has 1 rings (SSSR count). The Bertz CT molecular complexity index is 676. The largest absolute Gasteiger partial charge is 0.495 e. The second-order valence-corrected chi connectivity index (χ2v) is 6.45. The van der Waals surface area contributed by atoms with Gasteiger partial charge >= 0.3 is 5.97 Å². The minimum Gasteiger partial charge on any atom is -0.495 e. The van der Waals surface area contributed by atoms with E-state index in [1.54, 1.807) is 6.07 Å². The van der Waals surface area contributed by atoms with Gasteiger partial charge in [0.1, 0.15) is 16.7 Å². The molecule has 21 heavy (non-hydrogen) atoms. The molecule has 0 bridgehead atoms. The van der Waals surface area contributed by atoms with Gasteiger partial charge in [0.15, 0.2) is 6.10 Å². The van der Waals surface area contributed by atoms with Crippen LogP contribution in [0.15, 0.2) is 23.1 Å². The molecular formula is C13H16N2O5S. The highest BCUT2D eigenvalue weighted by Crippen LogP contribution is 2.27. The van der Waals surface area contributed by atoms with Gasteiger partial charge in [0.25, 0.3) is 0 Å². The Morgan fingerprint density at radius 1 is 1.38 bits per heavy atom. The van der Waals surface area contributed by atoms with E-state index in [0.29, 0.717) is 0 Å². The summed E-state index contributed by atoms with van der Waals surface area (Å²) in [6.45, 7) is 1.42. The van der Waals surface area contributed by atoms with Gasteiger partial charge in [0.2, 0.25) is 10.0 Å². The summed E-state index contributed by atoms with van der Waals surface area (Å²) < 4.78 is 35.3. The number of nitriles is 1. The summed E-state index contributed by atoms with van der Waals surface area (Å²) in [5.74, 6) is -0.657. The number of sulfonamides is 1. The van der Waals surface area contributed by atoms with Crippen LogP contribution in [-0.2, 0) is 14.8 Å². The summed E-state index contributed by atoms with van der Waals surface area (Å²) in [6.07, 6.45) is -0.923. The zero-order valence-corrected chi connectivity index (χ0v) is 13.0. The van der Waals surface area contributed by atoms with Crippen LogP contribution in [0, 0.1) is 11.3 Å². The van der Waals surface area contributed by atoms with E-state index >= 15 is 0 Å². The van der Waals surface area contributed by atoms with Crippen molar-refractivity contribution in [2.45, 2.75) is 17.9 Å². The molecule has 8 heteroatoms. The third kappa shape index (κ3) is 3.71. The Morgan fingerprint density at radius 3 is 2.48 bits per heavy atom. The molecule has 0 aromatic heterocycles. The molecule has 1 atom stereocenters. The first-order valence-corrected chi connectivity index (χ1v) is 7.39. The van der Waals surface area contributed by atoms with Crippen LogP contribution in [0.25, 0.3) is 0 Å². The minimum atomic E-state index is -3.77. The molecular weight excluding hydrogens is 296 g/mol. The molecule has 0 unspecified atom stereocenters. The number of hydrogen-bond acceptors (Lipinski definition) is 6. The molecule has 0 fully saturated rings. The molecule has 1 aromatic carbocycles. The van der Waals surface area contributed by atoms with Crippen molar-refractivity contribution in [1.29, 1.82) is 5.26 Å². The molecule has 0 aliphatic rings. The van der Waals surface area contributed by atoms with Crippen LogP contribution < -0.4 is 4.74 Å². The number of nitrogens with zero attached hydrogens (tertiary/aromatic N) is 2. The number of esters is 1. The lowest BCUT2D eigenvalue weighted by Gasteiger charge is -2.15. The van der Waals surface area contributed by atoms with Crippen LogP contribution in [-0.4, -0.2) is 46.0 Å². The van der Waals surface area contributed by atoms with Crippen molar-refractivity contribution in [3.63, 3.8) is 0 Å². The quantitative estimate of drug-likeness (QED) is 0.753. The van der Waals surface area contributed by atoms with Gasteiger partial charge in [0, 0.05) is 14.1 Å². The van der Waals surface area contributed by atoms with E-state index in [2.05, 4.69) is 0 Å². The predicted octanol–water partition coefficient (Wildman–Crippen LogP) is 1.01. The number of carbonyl (C=O) groups excluding carboxylic acids is 1. The van der Waals surface area contributed by atoms with Gasteiger partial charge in [-0.3, -0.25) is 0 Å². The van der Waals surface area contributed by atoms with E-state index in [1.807, 2.05) is 0 Å². The highest BCUT2D eigenvalue weighted by molar-refractivity contribution is 7.89. The van der Waals surface area contributed by atoms with Crippen LogP contribution in [0.2, 0.25) is 0 Å². The monoisotopic (exact) mass is 312 g/mol. The summed E-state index contributed by atoms with van der Waals surface area (Å²) in [5.41, 5.74) is 0.0262. The molecule has 0 spiro atoms. The molecule has 1 aromatic rings. The second-order valence-electron chi connectivity index (χ2n) is 4.33. The average molecular weight is 312 g/mol. The second kappa shape index (κ2) is 6.56. The maximum absolute atomic E-state index is 12.2. The Kier molecular flexibility index (Phi) is 5.29. The van der Waals surface area contributed by atoms with Crippen LogP contribution in [0.5, 0.6) is 5.75 Å². The molecule has 114 valence electrons. The average Bonchev–Trinajstić information content (AvgIpc) is 2.45. The standard InChI is InChI=1S/C13H16N2O5S/c1-9(8-14)20-13(16)10-5-6-11(19-4)12(7-10)21(17,18)15(2)3/h5-7,9H,1-4H3/t9-/m0/s1. The van der Waals surface area contributed by atoms with E-state index in [0.717, 1.165) is 4.31 Å². The molecule has 0 aliphatic carbocycles. The number of benzene rings is 1. The fraction of sp³-hybridized carbons (Fsp3) is 0.385. The summed E-state index contributed by atoms with van der Waals surface area (Å²) in [7, 11) is 0.304. The molecule has 0 saturated carbocycles. The molecule has 0 amide bonds. The lowest BCUT2D eigenvalue weighted by Crippen LogP contribution is -2.23. The van der Waals surface area contributed by atoms with Crippen LogP contribution in [0.4, 0.5) is 0 Å². The highest BCUT2D eigenvalue weighted by Gasteiger charge is 2.24. The zero-order valence-electron chi connectivity index (χ0n) is 12.2. The SMILES string of the molecule is COc1ccc(C(=O)O[C@@H](C)C#N)cc1S(=O)(=O)N(C)C. The maximum Gasteiger partial charge on any atom is 0.339 e. The van der Waals surface area contributed by atoms with E-state index in [4.69, 9.17) is 14.7 Å². The van der Waals surface area contributed by atoms with Gasteiger partial charge < -0.3 is 9.47 Å². The molecule has 7 nitrogen and oxygen atoms in total. The van der Waals surface area contributed by atoms with E-state index in [1.165, 1.54) is 46.3 Å².